The molecule has 64 valence electrons. The predicted molar refractivity (Wildman–Crippen MR) is 49.5 cm³/mol. The molecule has 0 bridgehead atoms. The first-order chi connectivity index (χ1) is 6.31. The van der Waals surface area contributed by atoms with Crippen LogP contribution in [0.15, 0.2) is 30.0 Å². The van der Waals surface area contributed by atoms with Gasteiger partial charge in [0, 0.05) is 5.56 Å². The zero-order valence-electron chi connectivity index (χ0n) is 7.32. The second-order valence-electron chi connectivity index (χ2n) is 3.01. The largest absolute Gasteiger partial charge is 0.475 e. The molecule has 1 atom stereocenters. The molecule has 0 fully saturated rings. The van der Waals surface area contributed by atoms with E-state index in [1.54, 1.807) is 0 Å². The standard InChI is InChI=1S/C11H9NO/c1-8-6-9-4-2-3-5-10(9)11(7-12)13-8/h2-6,11H,1H3/t11-/m1/s1. The Hall–Kier alpha value is -1.75. The summed E-state index contributed by atoms with van der Waals surface area (Å²) in [6.45, 7) is 1.86. The average Bonchev–Trinajstić information content (AvgIpc) is 2.16. The molecule has 0 spiro atoms. The van der Waals surface area contributed by atoms with E-state index in [1.807, 2.05) is 37.3 Å². The van der Waals surface area contributed by atoms with Crippen molar-refractivity contribution in [2.75, 3.05) is 0 Å². The Morgan fingerprint density at radius 1 is 1.38 bits per heavy atom. The summed E-state index contributed by atoms with van der Waals surface area (Å²) in [6.07, 6.45) is 1.50. The molecule has 2 rings (SSSR count). The molecule has 0 radical (unpaired) electrons. The Balaban J connectivity index is 2.56. The second kappa shape index (κ2) is 2.95. The number of hydrogen-bond donors (Lipinski definition) is 0. The van der Waals surface area contributed by atoms with Crippen molar-refractivity contribution in [1.29, 1.82) is 5.26 Å². The molecule has 2 heteroatoms. The van der Waals surface area contributed by atoms with Crippen molar-refractivity contribution in [3.05, 3.63) is 41.2 Å². The molecule has 0 saturated carbocycles. The first kappa shape index (κ1) is 7.88. The maximum absolute atomic E-state index is 8.85. The van der Waals surface area contributed by atoms with Gasteiger partial charge in [-0.05, 0) is 18.6 Å². The first-order valence-corrected chi connectivity index (χ1v) is 4.15. The number of fused-ring (bicyclic) bond motifs is 1. The van der Waals surface area contributed by atoms with Gasteiger partial charge in [0.15, 0.2) is 0 Å². The molecular formula is C11H9NO. The lowest BCUT2D eigenvalue weighted by atomic mass is 10.0. The highest BCUT2D eigenvalue weighted by Crippen LogP contribution is 2.29. The number of nitrogens with zero attached hydrogens (tertiary/aromatic N) is 1. The van der Waals surface area contributed by atoms with Crippen LogP contribution in [0.5, 0.6) is 0 Å². The summed E-state index contributed by atoms with van der Waals surface area (Å²) in [6, 6.07) is 9.92. The zero-order valence-corrected chi connectivity index (χ0v) is 7.32. The van der Waals surface area contributed by atoms with Crippen LogP contribution in [0.2, 0.25) is 0 Å². The molecule has 1 aliphatic heterocycles. The minimum absolute atomic E-state index is 0.443. The Labute approximate surface area is 77.1 Å². The lowest BCUT2D eigenvalue weighted by molar-refractivity contribution is 0.162. The van der Waals surface area contributed by atoms with E-state index in [1.165, 1.54) is 0 Å². The van der Waals surface area contributed by atoms with Crippen molar-refractivity contribution < 1.29 is 4.74 Å². The third-order valence-corrected chi connectivity index (χ3v) is 2.06. The molecule has 1 aromatic rings. The molecule has 1 aliphatic rings. The summed E-state index contributed by atoms with van der Waals surface area (Å²) in [5.74, 6) is 0.797. The topological polar surface area (TPSA) is 33.0 Å². The van der Waals surface area contributed by atoms with Gasteiger partial charge in [-0.1, -0.05) is 24.3 Å². The fourth-order valence-corrected chi connectivity index (χ4v) is 1.48. The number of hydrogen-bond acceptors (Lipinski definition) is 2. The van der Waals surface area contributed by atoms with Crippen LogP contribution in [-0.4, -0.2) is 0 Å². The normalized spacial score (nSPS) is 19.4. The number of nitriles is 1. The SMILES string of the molecule is CC1=Cc2ccccc2[C@@H](C#N)O1. The highest BCUT2D eigenvalue weighted by atomic mass is 16.5. The van der Waals surface area contributed by atoms with Gasteiger partial charge in [0.2, 0.25) is 6.10 Å². The van der Waals surface area contributed by atoms with Crippen LogP contribution in [-0.2, 0) is 4.74 Å². The predicted octanol–water partition coefficient (Wildman–Crippen LogP) is 2.64. The third-order valence-electron chi connectivity index (χ3n) is 2.06. The summed E-state index contributed by atoms with van der Waals surface area (Å²) in [5.41, 5.74) is 2.04. The van der Waals surface area contributed by atoms with Crippen LogP contribution in [0.25, 0.3) is 6.08 Å². The van der Waals surface area contributed by atoms with E-state index in [0.717, 1.165) is 16.9 Å². The molecule has 1 aromatic carbocycles. The maximum Gasteiger partial charge on any atom is 0.209 e. The molecule has 2 nitrogen and oxygen atoms in total. The van der Waals surface area contributed by atoms with Crippen molar-refractivity contribution in [1.82, 2.24) is 0 Å². The quantitative estimate of drug-likeness (QED) is 0.601. The van der Waals surface area contributed by atoms with Gasteiger partial charge in [-0.2, -0.15) is 5.26 Å². The van der Waals surface area contributed by atoms with Crippen LogP contribution < -0.4 is 0 Å². The van der Waals surface area contributed by atoms with Crippen LogP contribution >= 0.6 is 0 Å². The molecule has 0 amide bonds. The molecule has 0 saturated heterocycles. The van der Waals surface area contributed by atoms with Crippen molar-refractivity contribution in [2.24, 2.45) is 0 Å². The molecule has 0 unspecified atom stereocenters. The molecule has 1 heterocycles. The Morgan fingerprint density at radius 3 is 2.92 bits per heavy atom. The molecule has 0 aromatic heterocycles. The highest BCUT2D eigenvalue weighted by Gasteiger charge is 2.19. The molecule has 0 N–H and O–H groups in total. The van der Waals surface area contributed by atoms with Crippen molar-refractivity contribution in [3.8, 4) is 6.07 Å². The minimum atomic E-state index is -0.443. The minimum Gasteiger partial charge on any atom is -0.475 e. The molecule has 0 aliphatic carbocycles. The Morgan fingerprint density at radius 2 is 2.15 bits per heavy atom. The van der Waals surface area contributed by atoms with E-state index in [2.05, 4.69) is 6.07 Å². The van der Waals surface area contributed by atoms with E-state index >= 15 is 0 Å². The average molecular weight is 171 g/mol. The number of rotatable bonds is 0. The van der Waals surface area contributed by atoms with Gasteiger partial charge in [0.05, 0.1) is 5.76 Å². The van der Waals surface area contributed by atoms with Crippen molar-refractivity contribution in [2.45, 2.75) is 13.0 Å². The van der Waals surface area contributed by atoms with Gasteiger partial charge >= 0.3 is 0 Å². The van der Waals surface area contributed by atoms with E-state index in [9.17, 15) is 0 Å². The Kier molecular flexibility index (Phi) is 1.79. The number of ether oxygens (including phenoxy) is 1. The van der Waals surface area contributed by atoms with Gasteiger partial charge in [0.1, 0.15) is 6.07 Å². The zero-order chi connectivity index (χ0) is 9.26. The van der Waals surface area contributed by atoms with E-state index in [4.69, 9.17) is 10.00 Å². The second-order valence-corrected chi connectivity index (χ2v) is 3.01. The van der Waals surface area contributed by atoms with Gasteiger partial charge in [-0.15, -0.1) is 0 Å². The monoisotopic (exact) mass is 171 g/mol. The Bertz CT molecular complexity index is 401. The summed E-state index contributed by atoms with van der Waals surface area (Å²) in [7, 11) is 0. The summed E-state index contributed by atoms with van der Waals surface area (Å²) < 4.78 is 5.36. The smallest absolute Gasteiger partial charge is 0.209 e. The van der Waals surface area contributed by atoms with E-state index in [0.29, 0.717) is 0 Å². The maximum atomic E-state index is 8.85. The molecular weight excluding hydrogens is 162 g/mol. The van der Waals surface area contributed by atoms with Gasteiger partial charge in [0.25, 0.3) is 0 Å². The number of benzene rings is 1. The third kappa shape index (κ3) is 1.29. The van der Waals surface area contributed by atoms with Gasteiger partial charge < -0.3 is 4.74 Å². The first-order valence-electron chi connectivity index (χ1n) is 4.15. The summed E-state index contributed by atoms with van der Waals surface area (Å²) in [4.78, 5) is 0. The fraction of sp³-hybridized carbons (Fsp3) is 0.182. The van der Waals surface area contributed by atoms with Crippen LogP contribution in [0, 0.1) is 11.3 Å². The van der Waals surface area contributed by atoms with Crippen molar-refractivity contribution in [3.63, 3.8) is 0 Å². The lowest BCUT2D eigenvalue weighted by Gasteiger charge is -2.20. The van der Waals surface area contributed by atoms with Gasteiger partial charge in [-0.25, -0.2) is 0 Å². The highest BCUT2D eigenvalue weighted by molar-refractivity contribution is 5.58. The summed E-state index contributed by atoms with van der Waals surface area (Å²) >= 11 is 0. The van der Waals surface area contributed by atoms with Crippen LogP contribution in [0.3, 0.4) is 0 Å². The fourth-order valence-electron chi connectivity index (χ4n) is 1.48. The summed E-state index contributed by atoms with van der Waals surface area (Å²) in [5, 5.41) is 8.85. The van der Waals surface area contributed by atoms with E-state index in [-0.39, 0.29) is 0 Å². The van der Waals surface area contributed by atoms with E-state index < -0.39 is 6.10 Å². The van der Waals surface area contributed by atoms with Crippen molar-refractivity contribution >= 4 is 6.08 Å². The number of allylic oxidation sites excluding steroid dienone is 1. The van der Waals surface area contributed by atoms with Crippen LogP contribution in [0.4, 0.5) is 0 Å². The van der Waals surface area contributed by atoms with Gasteiger partial charge in [-0.3, -0.25) is 0 Å². The molecule has 13 heavy (non-hydrogen) atoms. The lowest BCUT2D eigenvalue weighted by Crippen LogP contribution is -2.06. The van der Waals surface area contributed by atoms with Crippen LogP contribution in [0.1, 0.15) is 24.2 Å².